The molecule has 0 bridgehead atoms. The van der Waals surface area contributed by atoms with Crippen molar-refractivity contribution in [3.05, 3.63) is 87.9 Å². The molecule has 0 aliphatic rings. The number of hydrogen-bond acceptors (Lipinski definition) is 4. The van der Waals surface area contributed by atoms with E-state index in [9.17, 15) is 4.79 Å². The molecule has 0 amide bonds. The van der Waals surface area contributed by atoms with E-state index in [1.165, 1.54) is 16.4 Å². The summed E-state index contributed by atoms with van der Waals surface area (Å²) in [5.74, 6) is 0. The monoisotopic (exact) mass is 388 g/mol. The Morgan fingerprint density at radius 3 is 2.46 bits per heavy atom. The standard InChI is InChI=1S/C21H16N4OS.CH4/c1-14-12-27-20-18(14)19-22-13-23-25(19)21(26)24(20)11-15-7-9-17(10-8-15)16-5-3-2-4-6-16;/h2-10,12-13H,11H2,1H3;1H4. The molecule has 140 valence electrons. The molecule has 0 fully saturated rings. The second-order valence-electron chi connectivity index (χ2n) is 6.53. The predicted octanol–water partition coefficient (Wildman–Crippen LogP) is 4.77. The minimum atomic E-state index is -0.163. The third-order valence-electron chi connectivity index (χ3n) is 4.79. The van der Waals surface area contributed by atoms with Crippen molar-refractivity contribution in [1.29, 1.82) is 0 Å². The van der Waals surface area contributed by atoms with Crippen molar-refractivity contribution in [2.45, 2.75) is 20.9 Å². The maximum atomic E-state index is 12.9. The Hall–Kier alpha value is -3.25. The minimum Gasteiger partial charge on any atom is -0.278 e. The molecule has 0 saturated carbocycles. The number of fused-ring (bicyclic) bond motifs is 3. The maximum Gasteiger partial charge on any atom is 0.352 e. The zero-order valence-corrected chi connectivity index (χ0v) is 15.5. The summed E-state index contributed by atoms with van der Waals surface area (Å²) in [5.41, 5.74) is 5.00. The third-order valence-corrected chi connectivity index (χ3v) is 5.91. The average Bonchev–Trinajstić information content (AvgIpc) is 3.33. The summed E-state index contributed by atoms with van der Waals surface area (Å²) in [6.07, 6.45) is 1.44. The lowest BCUT2D eigenvalue weighted by Gasteiger charge is -2.10. The molecular formula is C22H20N4OS. The first-order valence-corrected chi connectivity index (χ1v) is 9.55. The van der Waals surface area contributed by atoms with E-state index in [-0.39, 0.29) is 13.1 Å². The Bertz CT molecular complexity index is 1310. The topological polar surface area (TPSA) is 52.2 Å². The number of thiophene rings is 1. The van der Waals surface area contributed by atoms with Gasteiger partial charge < -0.3 is 0 Å². The number of rotatable bonds is 3. The van der Waals surface area contributed by atoms with Crippen molar-refractivity contribution in [1.82, 2.24) is 19.2 Å². The van der Waals surface area contributed by atoms with Gasteiger partial charge in [0.05, 0.1) is 11.9 Å². The van der Waals surface area contributed by atoms with Gasteiger partial charge in [0, 0.05) is 0 Å². The first kappa shape index (κ1) is 18.1. The van der Waals surface area contributed by atoms with Crippen LogP contribution in [0.2, 0.25) is 0 Å². The summed E-state index contributed by atoms with van der Waals surface area (Å²) in [7, 11) is 0. The maximum absolute atomic E-state index is 12.9. The highest BCUT2D eigenvalue weighted by Crippen LogP contribution is 2.27. The number of nitrogens with zero attached hydrogens (tertiary/aromatic N) is 4. The Labute approximate surface area is 166 Å². The highest BCUT2D eigenvalue weighted by atomic mass is 32.1. The van der Waals surface area contributed by atoms with Crippen molar-refractivity contribution in [3.63, 3.8) is 0 Å². The van der Waals surface area contributed by atoms with Crippen LogP contribution in [-0.4, -0.2) is 19.2 Å². The predicted molar refractivity (Wildman–Crippen MR) is 115 cm³/mol. The Morgan fingerprint density at radius 2 is 1.71 bits per heavy atom. The highest BCUT2D eigenvalue weighted by Gasteiger charge is 2.16. The van der Waals surface area contributed by atoms with Crippen molar-refractivity contribution >= 4 is 27.2 Å². The van der Waals surface area contributed by atoms with Crippen LogP contribution < -0.4 is 5.69 Å². The molecule has 0 aliphatic heterocycles. The third kappa shape index (κ3) is 2.82. The second-order valence-corrected chi connectivity index (χ2v) is 7.38. The number of aryl methyl sites for hydroxylation is 1. The van der Waals surface area contributed by atoms with Gasteiger partial charge in [-0.15, -0.1) is 11.3 Å². The van der Waals surface area contributed by atoms with E-state index in [4.69, 9.17) is 0 Å². The summed E-state index contributed by atoms with van der Waals surface area (Å²) in [6, 6.07) is 18.6. The molecule has 0 spiro atoms. The van der Waals surface area contributed by atoms with E-state index in [2.05, 4.69) is 51.9 Å². The summed E-state index contributed by atoms with van der Waals surface area (Å²) in [5, 5.41) is 7.18. The molecule has 5 aromatic rings. The normalized spacial score (nSPS) is 11.0. The number of benzene rings is 2. The van der Waals surface area contributed by atoms with Gasteiger partial charge in [-0.1, -0.05) is 62.0 Å². The minimum absolute atomic E-state index is 0. The molecule has 2 aromatic carbocycles. The van der Waals surface area contributed by atoms with Crippen LogP contribution in [-0.2, 0) is 6.54 Å². The fourth-order valence-corrected chi connectivity index (χ4v) is 4.46. The Balaban J connectivity index is 0.00000192. The molecule has 0 unspecified atom stereocenters. The van der Waals surface area contributed by atoms with E-state index >= 15 is 0 Å². The van der Waals surface area contributed by atoms with Crippen LogP contribution in [0.15, 0.2) is 71.1 Å². The molecule has 5 nitrogen and oxygen atoms in total. The summed E-state index contributed by atoms with van der Waals surface area (Å²) < 4.78 is 3.17. The molecule has 0 saturated heterocycles. The lowest BCUT2D eigenvalue weighted by molar-refractivity contribution is 0.719. The van der Waals surface area contributed by atoms with E-state index in [0.717, 1.165) is 26.9 Å². The first-order chi connectivity index (χ1) is 13.2. The van der Waals surface area contributed by atoms with Gasteiger partial charge in [-0.05, 0) is 34.6 Å². The van der Waals surface area contributed by atoms with Crippen molar-refractivity contribution in [2.75, 3.05) is 0 Å². The smallest absolute Gasteiger partial charge is 0.278 e. The average molecular weight is 388 g/mol. The van der Waals surface area contributed by atoms with Gasteiger partial charge in [-0.2, -0.15) is 9.61 Å². The second kappa shape index (κ2) is 7.05. The molecule has 5 rings (SSSR count). The van der Waals surface area contributed by atoms with Gasteiger partial charge in [-0.3, -0.25) is 4.57 Å². The molecular weight excluding hydrogens is 368 g/mol. The van der Waals surface area contributed by atoms with Gasteiger partial charge in [-0.25, -0.2) is 9.78 Å². The first-order valence-electron chi connectivity index (χ1n) is 8.67. The quantitative estimate of drug-likeness (QED) is 0.447. The number of aromatic nitrogens is 4. The van der Waals surface area contributed by atoms with Gasteiger partial charge in [0.25, 0.3) is 0 Å². The molecule has 0 atom stereocenters. The van der Waals surface area contributed by atoms with Crippen molar-refractivity contribution in [3.8, 4) is 11.1 Å². The molecule has 3 aromatic heterocycles. The van der Waals surface area contributed by atoms with Gasteiger partial charge >= 0.3 is 5.69 Å². The van der Waals surface area contributed by atoms with Crippen LogP contribution >= 0.6 is 11.3 Å². The molecule has 3 heterocycles. The van der Waals surface area contributed by atoms with Gasteiger partial charge in [0.1, 0.15) is 11.2 Å². The zero-order valence-electron chi connectivity index (χ0n) is 14.7. The SMILES string of the molecule is C.Cc1csc2c1c1ncnn1c(=O)n2Cc1ccc(-c2ccccc2)cc1. The number of hydrogen-bond donors (Lipinski definition) is 0. The van der Waals surface area contributed by atoms with Crippen LogP contribution in [0.3, 0.4) is 0 Å². The fraction of sp³-hybridized carbons (Fsp3) is 0.136. The van der Waals surface area contributed by atoms with Crippen molar-refractivity contribution < 1.29 is 0 Å². The largest absolute Gasteiger partial charge is 0.352 e. The van der Waals surface area contributed by atoms with Gasteiger partial charge in [0.15, 0.2) is 5.65 Å². The van der Waals surface area contributed by atoms with Crippen LogP contribution in [0.4, 0.5) is 0 Å². The molecule has 6 heteroatoms. The van der Waals surface area contributed by atoms with Crippen molar-refractivity contribution in [2.24, 2.45) is 0 Å². The van der Waals surface area contributed by atoms with Crippen LogP contribution in [0.5, 0.6) is 0 Å². The van der Waals surface area contributed by atoms with Crippen LogP contribution in [0, 0.1) is 6.92 Å². The highest BCUT2D eigenvalue weighted by molar-refractivity contribution is 7.17. The molecule has 0 N–H and O–H groups in total. The van der Waals surface area contributed by atoms with E-state index in [0.29, 0.717) is 12.2 Å². The van der Waals surface area contributed by atoms with E-state index < -0.39 is 0 Å². The van der Waals surface area contributed by atoms with Gasteiger partial charge in [0.2, 0.25) is 0 Å². The lowest BCUT2D eigenvalue weighted by Crippen LogP contribution is -2.27. The van der Waals surface area contributed by atoms with Crippen LogP contribution in [0.1, 0.15) is 18.6 Å². The molecule has 0 aliphatic carbocycles. The Kier molecular flexibility index (Phi) is 4.57. The fourth-order valence-electron chi connectivity index (χ4n) is 3.41. The van der Waals surface area contributed by atoms with E-state index in [1.807, 2.05) is 25.1 Å². The molecule has 0 radical (unpaired) electrons. The Morgan fingerprint density at radius 1 is 1.00 bits per heavy atom. The molecule has 28 heavy (non-hydrogen) atoms. The van der Waals surface area contributed by atoms with E-state index in [1.54, 1.807) is 15.9 Å². The summed E-state index contributed by atoms with van der Waals surface area (Å²) >= 11 is 1.57. The lowest BCUT2D eigenvalue weighted by atomic mass is 10.0. The summed E-state index contributed by atoms with van der Waals surface area (Å²) in [4.78, 5) is 18.2. The summed E-state index contributed by atoms with van der Waals surface area (Å²) in [6.45, 7) is 2.54. The van der Waals surface area contributed by atoms with Crippen LogP contribution in [0.25, 0.3) is 27.0 Å². The zero-order chi connectivity index (χ0) is 18.4.